The van der Waals surface area contributed by atoms with E-state index in [0.717, 1.165) is 6.42 Å². The van der Waals surface area contributed by atoms with Crippen molar-refractivity contribution in [3.8, 4) is 0 Å². The second kappa shape index (κ2) is 16.4. The van der Waals surface area contributed by atoms with Crippen molar-refractivity contribution in [3.63, 3.8) is 0 Å². The Labute approximate surface area is 184 Å². The highest BCUT2D eigenvalue weighted by Crippen LogP contribution is 2.32. The van der Waals surface area contributed by atoms with Gasteiger partial charge in [-0.1, -0.05) is 112 Å². The van der Waals surface area contributed by atoms with Gasteiger partial charge in [0.05, 0.1) is 13.2 Å². The number of hydrogen-bond acceptors (Lipinski definition) is 3. The number of unbranched alkanes of at least 4 members (excludes halogenated alkanes) is 8. The van der Waals surface area contributed by atoms with E-state index in [1.165, 1.54) is 68.9 Å². The Morgan fingerprint density at radius 3 is 1.63 bits per heavy atom. The topological polar surface area (TPSA) is 38.7 Å². The zero-order chi connectivity index (χ0) is 21.3. The van der Waals surface area contributed by atoms with Gasteiger partial charge in [0.1, 0.15) is 0 Å². The van der Waals surface area contributed by atoms with Crippen LogP contribution in [0.2, 0.25) is 0 Å². The normalized spacial score (nSPS) is 12.4. The molecule has 166 valence electrons. The molecular formula is C26H39O3P. The summed E-state index contributed by atoms with van der Waals surface area (Å²) in [5, 5.41) is 0. The lowest BCUT2D eigenvalue weighted by Crippen LogP contribution is -2.01. The van der Waals surface area contributed by atoms with E-state index < -0.39 is 8.60 Å². The molecule has 0 aliphatic heterocycles. The maximum absolute atomic E-state index is 9.38. The quantitative estimate of drug-likeness (QED) is 0.204. The Morgan fingerprint density at radius 2 is 1.13 bits per heavy atom. The summed E-state index contributed by atoms with van der Waals surface area (Å²) in [4.78, 5) is 9.38. The van der Waals surface area contributed by atoms with Crippen LogP contribution in [-0.2, 0) is 9.05 Å². The van der Waals surface area contributed by atoms with Gasteiger partial charge >= 0.3 is 8.60 Å². The van der Waals surface area contributed by atoms with Crippen molar-refractivity contribution in [2.75, 3.05) is 13.2 Å². The summed E-state index contributed by atoms with van der Waals surface area (Å²) in [5.74, 6) is 0.511. The maximum Gasteiger partial charge on any atom is 0.329 e. The second-order valence-corrected chi connectivity index (χ2v) is 8.83. The first kappa shape index (κ1) is 25.0. The molecule has 0 amide bonds. The van der Waals surface area contributed by atoms with Crippen LogP contribution in [0.5, 0.6) is 0 Å². The molecule has 0 aliphatic rings. The first-order valence-electron chi connectivity index (χ1n) is 11.7. The van der Waals surface area contributed by atoms with Gasteiger partial charge in [0, 0.05) is 5.92 Å². The molecule has 1 unspecified atom stereocenters. The van der Waals surface area contributed by atoms with E-state index in [4.69, 9.17) is 9.05 Å². The summed E-state index contributed by atoms with van der Waals surface area (Å²) >= 11 is 0. The molecule has 0 spiro atoms. The zero-order valence-corrected chi connectivity index (χ0v) is 19.4. The summed E-state index contributed by atoms with van der Waals surface area (Å²) in [6.45, 7) is 2.97. The summed E-state index contributed by atoms with van der Waals surface area (Å²) in [6, 6.07) is 21.9. The van der Waals surface area contributed by atoms with E-state index in [0.29, 0.717) is 19.1 Å². The molecular weight excluding hydrogens is 391 g/mol. The highest BCUT2D eigenvalue weighted by molar-refractivity contribution is 7.40. The number of benzene rings is 2. The Balaban J connectivity index is 1.52. The molecule has 1 N–H and O–H groups in total. The van der Waals surface area contributed by atoms with Crippen molar-refractivity contribution < 1.29 is 13.9 Å². The van der Waals surface area contributed by atoms with Gasteiger partial charge in [-0.25, -0.2) is 0 Å². The Hall–Kier alpha value is -1.25. The monoisotopic (exact) mass is 430 g/mol. The smallest absolute Gasteiger partial charge is 0.328 e. The van der Waals surface area contributed by atoms with Crippen molar-refractivity contribution >= 4 is 8.60 Å². The van der Waals surface area contributed by atoms with Crippen molar-refractivity contribution in [1.29, 1.82) is 0 Å². The third kappa shape index (κ3) is 10.7. The molecule has 1 atom stereocenters. The Bertz CT molecular complexity index is 596. The molecule has 0 saturated carbocycles. The predicted molar refractivity (Wildman–Crippen MR) is 128 cm³/mol. The summed E-state index contributed by atoms with van der Waals surface area (Å²) in [7, 11) is -1.65. The number of hydrogen-bond donors (Lipinski definition) is 1. The van der Waals surface area contributed by atoms with Crippen molar-refractivity contribution in [2.24, 2.45) is 0 Å². The molecule has 0 aliphatic carbocycles. The Morgan fingerprint density at radius 1 is 0.667 bits per heavy atom. The second-order valence-electron chi connectivity index (χ2n) is 7.83. The van der Waals surface area contributed by atoms with Crippen LogP contribution in [0.15, 0.2) is 60.7 Å². The van der Waals surface area contributed by atoms with E-state index in [1.807, 2.05) is 6.92 Å². The van der Waals surface area contributed by atoms with Gasteiger partial charge in [-0.15, -0.1) is 0 Å². The van der Waals surface area contributed by atoms with E-state index in [1.54, 1.807) is 0 Å². The predicted octanol–water partition coefficient (Wildman–Crippen LogP) is 7.99. The van der Waals surface area contributed by atoms with Crippen molar-refractivity contribution in [1.82, 2.24) is 0 Å². The average Bonchev–Trinajstić information content (AvgIpc) is 2.78. The summed E-state index contributed by atoms with van der Waals surface area (Å²) in [6.07, 6.45) is 12.6. The molecule has 0 aromatic heterocycles. The van der Waals surface area contributed by atoms with Crippen LogP contribution in [0, 0.1) is 0 Å². The molecule has 2 aromatic rings. The highest BCUT2D eigenvalue weighted by atomic mass is 31.2. The minimum atomic E-state index is -1.65. The van der Waals surface area contributed by atoms with Gasteiger partial charge in [-0.05, 0) is 30.9 Å². The fraction of sp³-hybridized carbons (Fsp3) is 0.538. The highest BCUT2D eigenvalue weighted by Gasteiger charge is 2.13. The summed E-state index contributed by atoms with van der Waals surface area (Å²) in [5.41, 5.74) is 2.87. The fourth-order valence-corrected chi connectivity index (χ4v) is 4.46. The van der Waals surface area contributed by atoms with Crippen LogP contribution in [-0.4, -0.2) is 18.1 Å². The van der Waals surface area contributed by atoms with Crippen LogP contribution in [0.25, 0.3) is 0 Å². The van der Waals surface area contributed by atoms with Gasteiger partial charge in [-0.2, -0.15) is 0 Å². The number of rotatable bonds is 17. The third-order valence-corrected chi connectivity index (χ3v) is 6.36. The molecule has 2 aromatic carbocycles. The minimum absolute atomic E-state index is 0.501. The molecule has 30 heavy (non-hydrogen) atoms. The minimum Gasteiger partial charge on any atom is -0.328 e. The lowest BCUT2D eigenvalue weighted by atomic mass is 9.87. The zero-order valence-electron chi connectivity index (χ0n) is 18.5. The van der Waals surface area contributed by atoms with Gasteiger partial charge < -0.3 is 13.9 Å². The molecule has 0 fully saturated rings. The van der Waals surface area contributed by atoms with E-state index >= 15 is 0 Å². The van der Waals surface area contributed by atoms with Crippen LogP contribution in [0.1, 0.15) is 88.2 Å². The standard InChI is InChI=1S/C26H39O3P/c1-2-28-30(27)29-23-17-9-7-5-3-4-6-8-16-22-26(24-18-12-10-13-19-24)25-20-14-11-15-21-25/h10-15,18-21,26-27H,2-9,16-17,22-23H2,1H3. The average molecular weight is 431 g/mol. The lowest BCUT2D eigenvalue weighted by Gasteiger charge is -2.18. The van der Waals surface area contributed by atoms with E-state index in [2.05, 4.69) is 60.7 Å². The molecule has 2 rings (SSSR count). The van der Waals surface area contributed by atoms with Crippen LogP contribution >= 0.6 is 8.60 Å². The molecule has 4 heteroatoms. The molecule has 0 heterocycles. The van der Waals surface area contributed by atoms with Gasteiger partial charge in [0.25, 0.3) is 0 Å². The van der Waals surface area contributed by atoms with Crippen LogP contribution in [0.3, 0.4) is 0 Å². The first-order valence-corrected chi connectivity index (χ1v) is 12.8. The Kier molecular flexibility index (Phi) is 13.7. The summed E-state index contributed by atoms with van der Waals surface area (Å²) < 4.78 is 10.2. The third-order valence-electron chi connectivity index (χ3n) is 5.48. The largest absolute Gasteiger partial charge is 0.329 e. The molecule has 0 bridgehead atoms. The molecule has 3 nitrogen and oxygen atoms in total. The van der Waals surface area contributed by atoms with Gasteiger partial charge in [0.15, 0.2) is 0 Å². The maximum atomic E-state index is 9.38. The van der Waals surface area contributed by atoms with Crippen LogP contribution < -0.4 is 0 Å². The first-order chi connectivity index (χ1) is 14.8. The van der Waals surface area contributed by atoms with Crippen LogP contribution in [0.4, 0.5) is 0 Å². The molecule has 0 radical (unpaired) electrons. The fourth-order valence-electron chi connectivity index (χ4n) is 3.87. The van der Waals surface area contributed by atoms with E-state index in [9.17, 15) is 4.89 Å². The SMILES string of the molecule is CCOP(O)OCCCCCCCCCCCC(c1ccccc1)c1ccccc1. The van der Waals surface area contributed by atoms with Gasteiger partial charge in [-0.3, -0.25) is 0 Å². The van der Waals surface area contributed by atoms with Crippen molar-refractivity contribution in [3.05, 3.63) is 71.8 Å². The van der Waals surface area contributed by atoms with E-state index in [-0.39, 0.29) is 0 Å². The lowest BCUT2D eigenvalue weighted by molar-refractivity contribution is 0.204. The molecule has 0 saturated heterocycles. The van der Waals surface area contributed by atoms with Gasteiger partial charge in [0.2, 0.25) is 0 Å². The van der Waals surface area contributed by atoms with Crippen molar-refractivity contribution in [2.45, 2.75) is 77.0 Å².